The molecule has 0 aliphatic heterocycles. The molecule has 6 heteroatoms. The number of ketones is 1. The lowest BCUT2D eigenvalue weighted by Gasteiger charge is -2.10. The van der Waals surface area contributed by atoms with Gasteiger partial charge in [0.1, 0.15) is 5.92 Å². The highest BCUT2D eigenvalue weighted by Gasteiger charge is 2.26. The molecular formula is C15H7ClF3NO. The Hall–Kier alpha value is -2.32. The van der Waals surface area contributed by atoms with Gasteiger partial charge in [0, 0.05) is 5.02 Å². The number of benzene rings is 2. The molecule has 2 rings (SSSR count). The highest BCUT2D eigenvalue weighted by Crippen LogP contribution is 2.25. The molecule has 21 heavy (non-hydrogen) atoms. The monoisotopic (exact) mass is 309 g/mol. The fourth-order valence-electron chi connectivity index (χ4n) is 1.81. The van der Waals surface area contributed by atoms with Crippen LogP contribution in [0.1, 0.15) is 21.8 Å². The first-order chi connectivity index (χ1) is 9.95. The molecule has 1 atom stereocenters. The van der Waals surface area contributed by atoms with Crippen LogP contribution >= 0.6 is 11.6 Å². The number of rotatable bonds is 3. The number of hydrogen-bond acceptors (Lipinski definition) is 2. The van der Waals surface area contributed by atoms with Crippen molar-refractivity contribution in [3.05, 3.63) is 70.0 Å². The van der Waals surface area contributed by atoms with Crippen molar-refractivity contribution in [1.29, 1.82) is 5.26 Å². The van der Waals surface area contributed by atoms with E-state index in [1.54, 1.807) is 6.07 Å². The van der Waals surface area contributed by atoms with E-state index in [9.17, 15) is 18.0 Å². The van der Waals surface area contributed by atoms with Gasteiger partial charge in [-0.15, -0.1) is 0 Å². The molecule has 2 aromatic rings. The average Bonchev–Trinajstić information content (AvgIpc) is 2.47. The minimum Gasteiger partial charge on any atom is -0.292 e. The van der Waals surface area contributed by atoms with E-state index in [1.165, 1.54) is 24.3 Å². The fourth-order valence-corrected chi connectivity index (χ4v) is 1.94. The van der Waals surface area contributed by atoms with E-state index in [0.717, 1.165) is 6.07 Å². The summed E-state index contributed by atoms with van der Waals surface area (Å²) in [6.45, 7) is 0. The molecule has 0 N–H and O–H groups in total. The molecule has 0 fully saturated rings. The zero-order valence-corrected chi connectivity index (χ0v) is 11.2. The van der Waals surface area contributed by atoms with Crippen LogP contribution in [0.3, 0.4) is 0 Å². The average molecular weight is 310 g/mol. The lowest BCUT2D eigenvalue weighted by atomic mass is 9.91. The van der Waals surface area contributed by atoms with E-state index < -0.39 is 34.7 Å². The maximum absolute atomic E-state index is 13.6. The lowest BCUT2D eigenvalue weighted by Crippen LogP contribution is -2.14. The third-order valence-corrected chi connectivity index (χ3v) is 3.15. The Morgan fingerprint density at radius 3 is 2.24 bits per heavy atom. The SMILES string of the molecule is N#CC(C(=O)c1ccc(F)c(F)c1F)c1ccc(Cl)cc1. The molecule has 0 bridgehead atoms. The van der Waals surface area contributed by atoms with Crippen molar-refractivity contribution in [1.82, 2.24) is 0 Å². The van der Waals surface area contributed by atoms with Crippen LogP contribution in [0.25, 0.3) is 0 Å². The minimum atomic E-state index is -1.74. The molecule has 0 aromatic heterocycles. The number of Topliss-reactive ketones (excluding diaryl/α,β-unsaturated/α-hetero) is 1. The summed E-state index contributed by atoms with van der Waals surface area (Å²) < 4.78 is 39.7. The van der Waals surface area contributed by atoms with Gasteiger partial charge in [-0.2, -0.15) is 5.26 Å². The summed E-state index contributed by atoms with van der Waals surface area (Å²) in [4.78, 5) is 12.2. The van der Waals surface area contributed by atoms with Crippen LogP contribution < -0.4 is 0 Å². The van der Waals surface area contributed by atoms with Gasteiger partial charge in [0.2, 0.25) is 0 Å². The molecule has 0 saturated heterocycles. The second kappa shape index (κ2) is 5.98. The largest absolute Gasteiger partial charge is 0.292 e. The molecule has 0 radical (unpaired) electrons. The van der Waals surface area contributed by atoms with Gasteiger partial charge in [0.25, 0.3) is 0 Å². The summed E-state index contributed by atoms with van der Waals surface area (Å²) in [5, 5.41) is 9.51. The zero-order valence-electron chi connectivity index (χ0n) is 10.4. The second-order valence-electron chi connectivity index (χ2n) is 4.20. The van der Waals surface area contributed by atoms with Crippen molar-refractivity contribution in [2.24, 2.45) is 0 Å². The van der Waals surface area contributed by atoms with Crippen LogP contribution in [0.15, 0.2) is 36.4 Å². The Kier molecular flexibility index (Phi) is 4.29. The van der Waals surface area contributed by atoms with Gasteiger partial charge in [0.15, 0.2) is 23.2 Å². The number of carbonyl (C=O) groups is 1. The maximum atomic E-state index is 13.6. The van der Waals surface area contributed by atoms with Crippen molar-refractivity contribution < 1.29 is 18.0 Å². The van der Waals surface area contributed by atoms with Gasteiger partial charge in [-0.1, -0.05) is 23.7 Å². The minimum absolute atomic E-state index is 0.288. The Morgan fingerprint density at radius 1 is 1.05 bits per heavy atom. The summed E-state index contributed by atoms with van der Waals surface area (Å²) in [6, 6.07) is 8.99. The van der Waals surface area contributed by atoms with E-state index in [-0.39, 0.29) is 5.56 Å². The molecule has 0 heterocycles. The van der Waals surface area contributed by atoms with Crippen LogP contribution in [-0.4, -0.2) is 5.78 Å². The predicted molar refractivity (Wildman–Crippen MR) is 70.5 cm³/mol. The van der Waals surface area contributed by atoms with Gasteiger partial charge in [-0.25, -0.2) is 13.2 Å². The normalized spacial score (nSPS) is 11.8. The van der Waals surface area contributed by atoms with Crippen LogP contribution in [0.4, 0.5) is 13.2 Å². The number of hydrogen-bond donors (Lipinski definition) is 0. The van der Waals surface area contributed by atoms with E-state index in [4.69, 9.17) is 16.9 Å². The summed E-state index contributed by atoms with van der Waals surface area (Å²) in [6.07, 6.45) is 0. The van der Waals surface area contributed by atoms with Crippen LogP contribution in [0.2, 0.25) is 5.02 Å². The highest BCUT2D eigenvalue weighted by molar-refractivity contribution is 6.30. The molecule has 106 valence electrons. The van der Waals surface area contributed by atoms with Gasteiger partial charge >= 0.3 is 0 Å². The standard InChI is InChI=1S/C15H7ClF3NO/c16-9-3-1-8(2-4-9)11(7-20)15(21)10-5-6-12(17)14(19)13(10)18/h1-6,11H. The Bertz CT molecular complexity index is 738. The first-order valence-electron chi connectivity index (χ1n) is 5.78. The van der Waals surface area contributed by atoms with Crippen molar-refractivity contribution in [3.63, 3.8) is 0 Å². The van der Waals surface area contributed by atoms with Gasteiger partial charge in [0.05, 0.1) is 11.6 Å². The summed E-state index contributed by atoms with van der Waals surface area (Å²) in [5.74, 6) is -7.02. The smallest absolute Gasteiger partial charge is 0.195 e. The fraction of sp³-hybridized carbons (Fsp3) is 0.0667. The van der Waals surface area contributed by atoms with Crippen molar-refractivity contribution in [3.8, 4) is 6.07 Å². The Morgan fingerprint density at radius 2 is 1.67 bits per heavy atom. The van der Waals surface area contributed by atoms with Crippen molar-refractivity contribution in [2.75, 3.05) is 0 Å². The molecule has 2 nitrogen and oxygen atoms in total. The van der Waals surface area contributed by atoms with Gasteiger partial charge < -0.3 is 0 Å². The molecule has 0 saturated carbocycles. The first-order valence-corrected chi connectivity index (χ1v) is 6.16. The summed E-state index contributed by atoms with van der Waals surface area (Å²) in [7, 11) is 0. The second-order valence-corrected chi connectivity index (χ2v) is 4.64. The quantitative estimate of drug-likeness (QED) is 0.628. The molecule has 1 unspecified atom stereocenters. The molecular weight excluding hydrogens is 303 g/mol. The maximum Gasteiger partial charge on any atom is 0.195 e. The molecule has 0 aliphatic carbocycles. The van der Waals surface area contributed by atoms with Crippen molar-refractivity contribution >= 4 is 17.4 Å². The zero-order chi connectivity index (χ0) is 15.6. The van der Waals surface area contributed by atoms with E-state index >= 15 is 0 Å². The summed E-state index contributed by atoms with van der Waals surface area (Å²) >= 11 is 5.70. The van der Waals surface area contributed by atoms with Gasteiger partial charge in [-0.3, -0.25) is 4.79 Å². The number of nitrogens with zero attached hydrogens (tertiary/aromatic N) is 1. The molecule has 0 aliphatic rings. The molecule has 2 aromatic carbocycles. The number of carbonyl (C=O) groups excluding carboxylic acids is 1. The van der Waals surface area contributed by atoms with Gasteiger partial charge in [-0.05, 0) is 29.8 Å². The number of nitriles is 1. The summed E-state index contributed by atoms with van der Waals surface area (Å²) in [5.41, 5.74) is -0.383. The van der Waals surface area contributed by atoms with Crippen LogP contribution in [-0.2, 0) is 0 Å². The van der Waals surface area contributed by atoms with Crippen LogP contribution in [0, 0.1) is 28.8 Å². The highest BCUT2D eigenvalue weighted by atomic mass is 35.5. The van der Waals surface area contributed by atoms with Crippen molar-refractivity contribution in [2.45, 2.75) is 5.92 Å². The van der Waals surface area contributed by atoms with Crippen LogP contribution in [0.5, 0.6) is 0 Å². The molecule has 0 amide bonds. The number of halogens is 4. The third-order valence-electron chi connectivity index (χ3n) is 2.90. The predicted octanol–water partition coefficient (Wildman–Crippen LogP) is 4.25. The van der Waals surface area contributed by atoms with E-state index in [1.807, 2.05) is 0 Å². The molecule has 0 spiro atoms. The third kappa shape index (κ3) is 2.91. The lowest BCUT2D eigenvalue weighted by molar-refractivity contribution is 0.0973. The Labute approximate surface area is 123 Å². The van der Waals surface area contributed by atoms with E-state index in [2.05, 4.69) is 0 Å². The first kappa shape index (κ1) is 15.1. The van der Waals surface area contributed by atoms with E-state index in [0.29, 0.717) is 11.1 Å². The topological polar surface area (TPSA) is 40.9 Å². The Balaban J connectivity index is 2.45.